The summed E-state index contributed by atoms with van der Waals surface area (Å²) in [7, 11) is 5.11. The molecule has 0 aromatic heterocycles. The zero-order valence-electron chi connectivity index (χ0n) is 15.3. The largest absolute Gasteiger partial charge is 0.497 e. The Labute approximate surface area is 145 Å². The van der Waals surface area contributed by atoms with Crippen LogP contribution >= 0.6 is 0 Å². The highest BCUT2D eigenvalue weighted by molar-refractivity contribution is 5.79. The normalized spacial score (nSPS) is 14.6. The number of hydrogen-bond donors (Lipinski definition) is 2. The Hall–Kier alpha value is -1.95. The monoisotopic (exact) mass is 334 g/mol. The van der Waals surface area contributed by atoms with Crippen LogP contribution in [0.15, 0.2) is 23.2 Å². The predicted molar refractivity (Wildman–Crippen MR) is 98.0 cm³/mol. The highest BCUT2D eigenvalue weighted by Gasteiger charge is 2.27. The van der Waals surface area contributed by atoms with Gasteiger partial charge in [0.25, 0.3) is 0 Å². The Bertz CT molecular complexity index is 544. The van der Waals surface area contributed by atoms with E-state index in [1.165, 1.54) is 12.8 Å². The minimum Gasteiger partial charge on any atom is -0.497 e. The van der Waals surface area contributed by atoms with Crippen LogP contribution in [0.1, 0.15) is 25.3 Å². The first-order valence-electron chi connectivity index (χ1n) is 8.61. The van der Waals surface area contributed by atoms with Crippen LogP contribution in [0.25, 0.3) is 0 Å². The number of nitrogens with zero attached hydrogens (tertiary/aromatic N) is 2. The molecule has 0 amide bonds. The Morgan fingerprint density at radius 1 is 1.25 bits per heavy atom. The summed E-state index contributed by atoms with van der Waals surface area (Å²) in [5, 5.41) is 6.71. The van der Waals surface area contributed by atoms with Crippen molar-refractivity contribution in [1.29, 1.82) is 0 Å². The first-order valence-corrected chi connectivity index (χ1v) is 8.61. The number of guanidine groups is 1. The van der Waals surface area contributed by atoms with Gasteiger partial charge >= 0.3 is 0 Å². The lowest BCUT2D eigenvalue weighted by atomic mass is 10.2. The molecule has 1 aromatic carbocycles. The summed E-state index contributed by atoms with van der Waals surface area (Å²) < 4.78 is 10.7. The Kier molecular flexibility index (Phi) is 7.18. The summed E-state index contributed by atoms with van der Waals surface area (Å²) in [5.74, 6) is 2.40. The smallest absolute Gasteiger partial charge is 0.191 e. The van der Waals surface area contributed by atoms with E-state index in [2.05, 4.69) is 27.4 Å². The molecule has 1 aliphatic rings. The molecular formula is C18H30N4O2. The maximum atomic E-state index is 5.43. The van der Waals surface area contributed by atoms with E-state index in [9.17, 15) is 0 Å². The third-order valence-corrected chi connectivity index (χ3v) is 4.33. The molecule has 0 atom stereocenters. The van der Waals surface area contributed by atoms with E-state index in [1.54, 1.807) is 21.3 Å². The van der Waals surface area contributed by atoms with Gasteiger partial charge < -0.3 is 20.1 Å². The predicted octanol–water partition coefficient (Wildman–Crippen LogP) is 1.85. The van der Waals surface area contributed by atoms with Gasteiger partial charge in [-0.2, -0.15) is 0 Å². The lowest BCUT2D eigenvalue weighted by Gasteiger charge is -2.21. The third kappa shape index (κ3) is 5.30. The molecule has 134 valence electrons. The number of benzene rings is 1. The number of nitrogens with one attached hydrogen (secondary N) is 2. The van der Waals surface area contributed by atoms with Gasteiger partial charge in [0.05, 0.1) is 14.2 Å². The quantitative estimate of drug-likeness (QED) is 0.533. The van der Waals surface area contributed by atoms with Crippen molar-refractivity contribution in [2.75, 3.05) is 40.9 Å². The molecule has 0 radical (unpaired) electrons. The highest BCUT2D eigenvalue weighted by Crippen LogP contribution is 2.26. The summed E-state index contributed by atoms with van der Waals surface area (Å²) in [6.07, 6.45) is 2.69. The van der Waals surface area contributed by atoms with E-state index < -0.39 is 0 Å². The molecule has 1 aliphatic carbocycles. The van der Waals surface area contributed by atoms with Crippen molar-refractivity contribution in [3.05, 3.63) is 23.8 Å². The molecule has 6 nitrogen and oxygen atoms in total. The second-order valence-electron chi connectivity index (χ2n) is 5.89. The fourth-order valence-electron chi connectivity index (χ4n) is 2.75. The lowest BCUT2D eigenvalue weighted by molar-refractivity contribution is 0.282. The molecule has 0 aliphatic heterocycles. The second-order valence-corrected chi connectivity index (χ2v) is 5.89. The summed E-state index contributed by atoms with van der Waals surface area (Å²) >= 11 is 0. The fourth-order valence-corrected chi connectivity index (χ4v) is 2.75. The average molecular weight is 334 g/mol. The van der Waals surface area contributed by atoms with Crippen molar-refractivity contribution in [1.82, 2.24) is 15.5 Å². The molecule has 1 fully saturated rings. The first kappa shape index (κ1) is 18.4. The molecule has 24 heavy (non-hydrogen) atoms. The molecule has 2 N–H and O–H groups in total. The zero-order valence-corrected chi connectivity index (χ0v) is 15.3. The molecule has 0 heterocycles. The molecule has 1 saturated carbocycles. The fraction of sp³-hybridized carbons (Fsp3) is 0.611. The highest BCUT2D eigenvalue weighted by atomic mass is 16.5. The van der Waals surface area contributed by atoms with Gasteiger partial charge in [0.15, 0.2) is 5.96 Å². The van der Waals surface area contributed by atoms with Gasteiger partial charge in [-0.1, -0.05) is 6.92 Å². The number of aliphatic imine (C=N–C) groups is 1. The zero-order chi connectivity index (χ0) is 17.4. The van der Waals surface area contributed by atoms with Crippen LogP contribution in [0, 0.1) is 0 Å². The number of methoxy groups -OCH3 is 2. The van der Waals surface area contributed by atoms with Gasteiger partial charge in [-0.15, -0.1) is 0 Å². The SMILES string of the molecule is CCN(CCNC(=NC)NCc1ccc(OC)cc1OC)C1CC1. The number of ether oxygens (including phenoxy) is 2. The molecular weight excluding hydrogens is 304 g/mol. The van der Waals surface area contributed by atoms with Crippen molar-refractivity contribution < 1.29 is 9.47 Å². The summed E-state index contributed by atoms with van der Waals surface area (Å²) in [4.78, 5) is 6.81. The number of rotatable bonds is 9. The third-order valence-electron chi connectivity index (χ3n) is 4.33. The van der Waals surface area contributed by atoms with E-state index in [4.69, 9.17) is 9.47 Å². The molecule has 1 aromatic rings. The van der Waals surface area contributed by atoms with Gasteiger partial charge in [0.1, 0.15) is 11.5 Å². The van der Waals surface area contributed by atoms with Crippen molar-refractivity contribution in [3.8, 4) is 11.5 Å². The van der Waals surface area contributed by atoms with E-state index in [0.29, 0.717) is 6.54 Å². The first-order chi connectivity index (χ1) is 11.7. The summed E-state index contributed by atoms with van der Waals surface area (Å²) in [6.45, 7) is 5.92. The van der Waals surface area contributed by atoms with Crippen molar-refractivity contribution >= 4 is 5.96 Å². The van der Waals surface area contributed by atoms with E-state index in [-0.39, 0.29) is 0 Å². The van der Waals surface area contributed by atoms with Crippen LogP contribution in [-0.2, 0) is 6.54 Å². The molecule has 0 saturated heterocycles. The maximum absolute atomic E-state index is 5.43. The average Bonchev–Trinajstić information content (AvgIpc) is 3.46. The van der Waals surface area contributed by atoms with Gasteiger partial charge in [-0.3, -0.25) is 9.89 Å². The Morgan fingerprint density at radius 3 is 2.62 bits per heavy atom. The topological polar surface area (TPSA) is 58.1 Å². The molecule has 0 spiro atoms. The van der Waals surface area contributed by atoms with Crippen molar-refractivity contribution in [2.24, 2.45) is 4.99 Å². The standard InChI is InChI=1S/C18H30N4O2/c1-5-22(15-7-8-15)11-10-20-18(19-2)21-13-14-6-9-16(23-3)12-17(14)24-4/h6,9,12,15H,5,7-8,10-11,13H2,1-4H3,(H2,19,20,21). The minimum atomic E-state index is 0.646. The van der Waals surface area contributed by atoms with Gasteiger partial charge in [0, 0.05) is 44.4 Å². The van der Waals surface area contributed by atoms with Gasteiger partial charge in [0.2, 0.25) is 0 Å². The van der Waals surface area contributed by atoms with Crippen molar-refractivity contribution in [3.63, 3.8) is 0 Å². The molecule has 0 bridgehead atoms. The van der Waals surface area contributed by atoms with Crippen LogP contribution in [0.4, 0.5) is 0 Å². The van der Waals surface area contributed by atoms with Crippen LogP contribution in [0.2, 0.25) is 0 Å². The van der Waals surface area contributed by atoms with Crippen LogP contribution in [0.3, 0.4) is 0 Å². The van der Waals surface area contributed by atoms with Crippen LogP contribution < -0.4 is 20.1 Å². The van der Waals surface area contributed by atoms with Gasteiger partial charge in [-0.25, -0.2) is 0 Å². The number of likely N-dealkylation sites (N-methyl/N-ethyl adjacent to an activating group) is 1. The molecule has 0 unspecified atom stereocenters. The maximum Gasteiger partial charge on any atom is 0.191 e. The summed E-state index contributed by atoms with van der Waals surface area (Å²) in [5.41, 5.74) is 1.06. The Morgan fingerprint density at radius 2 is 2.04 bits per heavy atom. The van der Waals surface area contributed by atoms with E-state index in [1.807, 2.05) is 18.2 Å². The molecule has 2 rings (SSSR count). The summed E-state index contributed by atoms with van der Waals surface area (Å²) in [6, 6.07) is 6.63. The van der Waals surface area contributed by atoms with Crippen LogP contribution in [0.5, 0.6) is 11.5 Å². The van der Waals surface area contributed by atoms with Crippen LogP contribution in [-0.4, -0.2) is 57.8 Å². The number of hydrogen-bond acceptors (Lipinski definition) is 4. The Balaban J connectivity index is 1.80. The molecule has 6 heteroatoms. The van der Waals surface area contributed by atoms with Crippen molar-refractivity contribution in [2.45, 2.75) is 32.4 Å². The second kappa shape index (κ2) is 9.37. The van der Waals surface area contributed by atoms with E-state index in [0.717, 1.165) is 48.7 Å². The van der Waals surface area contributed by atoms with E-state index >= 15 is 0 Å². The minimum absolute atomic E-state index is 0.646. The lowest BCUT2D eigenvalue weighted by Crippen LogP contribution is -2.41. The van der Waals surface area contributed by atoms with Gasteiger partial charge in [-0.05, 0) is 31.5 Å².